The van der Waals surface area contributed by atoms with Gasteiger partial charge in [0.25, 0.3) is 0 Å². The first-order valence-corrected chi connectivity index (χ1v) is 7.54. The molecule has 0 bridgehead atoms. The highest BCUT2D eigenvalue weighted by Gasteiger charge is 2.53. The van der Waals surface area contributed by atoms with Crippen LogP contribution in [0.1, 0.15) is 32.1 Å². The standard InChI is InChI=1S/C14H13BrClNO2/c15-12-9(16)4-3-5-10(12)17-11(18)8-14(13(17)19)6-1-2-7-14/h3-5H,1-2,6-8H2. The van der Waals surface area contributed by atoms with Gasteiger partial charge in [0.1, 0.15) is 0 Å². The maximum Gasteiger partial charge on any atom is 0.240 e. The Morgan fingerprint density at radius 1 is 1.21 bits per heavy atom. The largest absolute Gasteiger partial charge is 0.274 e. The summed E-state index contributed by atoms with van der Waals surface area (Å²) in [5, 5.41) is 0.505. The molecule has 0 radical (unpaired) electrons. The average Bonchev–Trinajstić information content (AvgIpc) is 2.92. The summed E-state index contributed by atoms with van der Waals surface area (Å²) >= 11 is 9.41. The predicted octanol–water partition coefficient (Wildman–Crippen LogP) is 3.93. The third-order valence-electron chi connectivity index (χ3n) is 4.13. The maximum absolute atomic E-state index is 12.6. The summed E-state index contributed by atoms with van der Waals surface area (Å²) in [5.41, 5.74) is 0.116. The molecule has 1 saturated heterocycles. The first-order valence-electron chi connectivity index (χ1n) is 6.37. The van der Waals surface area contributed by atoms with E-state index in [9.17, 15) is 9.59 Å². The molecule has 1 saturated carbocycles. The van der Waals surface area contributed by atoms with Gasteiger partial charge in [-0.15, -0.1) is 0 Å². The van der Waals surface area contributed by atoms with E-state index in [4.69, 9.17) is 11.6 Å². The molecule has 1 aliphatic heterocycles. The van der Waals surface area contributed by atoms with Crippen molar-refractivity contribution in [1.82, 2.24) is 0 Å². The minimum absolute atomic E-state index is 0.0574. The molecule has 1 spiro atoms. The molecule has 1 aromatic rings. The van der Waals surface area contributed by atoms with E-state index in [2.05, 4.69) is 15.9 Å². The summed E-state index contributed by atoms with van der Waals surface area (Å²) in [6, 6.07) is 5.23. The lowest BCUT2D eigenvalue weighted by molar-refractivity contribution is -0.125. The van der Waals surface area contributed by atoms with Crippen LogP contribution >= 0.6 is 27.5 Å². The van der Waals surface area contributed by atoms with Gasteiger partial charge in [-0.05, 0) is 40.9 Å². The van der Waals surface area contributed by atoms with Crippen molar-refractivity contribution in [2.45, 2.75) is 32.1 Å². The van der Waals surface area contributed by atoms with E-state index in [1.165, 1.54) is 4.90 Å². The second kappa shape index (κ2) is 4.60. The zero-order valence-corrected chi connectivity index (χ0v) is 12.6. The van der Waals surface area contributed by atoms with Gasteiger partial charge in [0.2, 0.25) is 11.8 Å². The number of anilines is 1. The van der Waals surface area contributed by atoms with Gasteiger partial charge in [0.05, 0.1) is 20.6 Å². The van der Waals surface area contributed by atoms with E-state index in [1.807, 2.05) is 0 Å². The number of carbonyl (C=O) groups is 2. The smallest absolute Gasteiger partial charge is 0.240 e. The number of amides is 2. The van der Waals surface area contributed by atoms with E-state index in [0.717, 1.165) is 25.7 Å². The molecular weight excluding hydrogens is 330 g/mol. The van der Waals surface area contributed by atoms with Crippen molar-refractivity contribution in [1.29, 1.82) is 0 Å². The Bertz CT molecular complexity index is 567. The molecule has 1 aromatic carbocycles. The Kier molecular flexibility index (Phi) is 3.18. The fourth-order valence-corrected chi connectivity index (χ4v) is 3.76. The summed E-state index contributed by atoms with van der Waals surface area (Å²) < 4.78 is 0.605. The lowest BCUT2D eigenvalue weighted by Gasteiger charge is -2.21. The Labute approximate surface area is 125 Å². The summed E-state index contributed by atoms with van der Waals surface area (Å²) in [6.45, 7) is 0. The molecule has 2 amide bonds. The molecule has 0 unspecified atom stereocenters. The summed E-state index contributed by atoms with van der Waals surface area (Å²) in [7, 11) is 0. The zero-order chi connectivity index (χ0) is 13.6. The number of benzene rings is 1. The van der Waals surface area contributed by atoms with Crippen LogP contribution in [0.3, 0.4) is 0 Å². The summed E-state index contributed by atoms with van der Waals surface area (Å²) in [6.07, 6.45) is 4.05. The topological polar surface area (TPSA) is 37.4 Å². The molecular formula is C14H13BrClNO2. The van der Waals surface area contributed by atoms with Crippen LogP contribution in [0.25, 0.3) is 0 Å². The molecule has 0 atom stereocenters. The van der Waals surface area contributed by atoms with Crippen LogP contribution in [0, 0.1) is 5.41 Å². The van der Waals surface area contributed by atoms with Crippen molar-refractivity contribution in [3.63, 3.8) is 0 Å². The van der Waals surface area contributed by atoms with E-state index >= 15 is 0 Å². The molecule has 0 N–H and O–H groups in total. The Morgan fingerprint density at radius 2 is 1.89 bits per heavy atom. The molecule has 2 fully saturated rings. The number of carbonyl (C=O) groups excluding carboxylic acids is 2. The first kappa shape index (κ1) is 13.1. The maximum atomic E-state index is 12.6. The second-order valence-electron chi connectivity index (χ2n) is 5.27. The van der Waals surface area contributed by atoms with Crippen LogP contribution in [0.15, 0.2) is 22.7 Å². The van der Waals surface area contributed by atoms with Crippen molar-refractivity contribution in [2.75, 3.05) is 4.90 Å². The van der Waals surface area contributed by atoms with Gasteiger partial charge >= 0.3 is 0 Å². The molecule has 2 aliphatic rings. The lowest BCUT2D eigenvalue weighted by Crippen LogP contribution is -2.34. The molecule has 19 heavy (non-hydrogen) atoms. The Morgan fingerprint density at radius 3 is 2.58 bits per heavy atom. The van der Waals surface area contributed by atoms with Crippen LogP contribution in [0.2, 0.25) is 5.02 Å². The molecule has 3 rings (SSSR count). The fourth-order valence-electron chi connectivity index (χ4n) is 3.15. The van der Waals surface area contributed by atoms with Crippen LogP contribution < -0.4 is 4.90 Å². The fraction of sp³-hybridized carbons (Fsp3) is 0.429. The number of imide groups is 1. The van der Waals surface area contributed by atoms with Gasteiger partial charge < -0.3 is 0 Å². The molecule has 100 valence electrons. The molecule has 3 nitrogen and oxygen atoms in total. The third kappa shape index (κ3) is 1.93. The molecule has 5 heteroatoms. The average molecular weight is 343 g/mol. The zero-order valence-electron chi connectivity index (χ0n) is 10.3. The van der Waals surface area contributed by atoms with E-state index < -0.39 is 5.41 Å². The number of rotatable bonds is 1. The second-order valence-corrected chi connectivity index (χ2v) is 6.47. The number of halogens is 2. The summed E-state index contributed by atoms with van der Waals surface area (Å²) in [4.78, 5) is 26.2. The van der Waals surface area contributed by atoms with Crippen LogP contribution in [-0.4, -0.2) is 11.8 Å². The monoisotopic (exact) mass is 341 g/mol. The van der Waals surface area contributed by atoms with Gasteiger partial charge in [-0.25, -0.2) is 4.90 Å². The van der Waals surface area contributed by atoms with E-state index in [0.29, 0.717) is 21.6 Å². The van der Waals surface area contributed by atoms with Crippen LogP contribution in [0.4, 0.5) is 5.69 Å². The highest BCUT2D eigenvalue weighted by molar-refractivity contribution is 9.10. The van der Waals surface area contributed by atoms with Crippen molar-refractivity contribution in [3.8, 4) is 0 Å². The highest BCUT2D eigenvalue weighted by Crippen LogP contribution is 2.49. The van der Waals surface area contributed by atoms with Gasteiger partial charge in [-0.3, -0.25) is 9.59 Å². The van der Waals surface area contributed by atoms with E-state index in [-0.39, 0.29) is 11.8 Å². The van der Waals surface area contributed by atoms with E-state index in [1.54, 1.807) is 18.2 Å². The van der Waals surface area contributed by atoms with Gasteiger partial charge in [0.15, 0.2) is 0 Å². The Balaban J connectivity index is 2.04. The van der Waals surface area contributed by atoms with Crippen molar-refractivity contribution in [2.24, 2.45) is 5.41 Å². The quantitative estimate of drug-likeness (QED) is 0.725. The minimum atomic E-state index is -0.446. The van der Waals surface area contributed by atoms with Crippen LogP contribution in [0.5, 0.6) is 0 Å². The van der Waals surface area contributed by atoms with Gasteiger partial charge in [0, 0.05) is 6.42 Å². The molecule has 1 heterocycles. The molecule has 0 aromatic heterocycles. The minimum Gasteiger partial charge on any atom is -0.274 e. The van der Waals surface area contributed by atoms with Crippen molar-refractivity contribution < 1.29 is 9.59 Å². The normalized spacial score (nSPS) is 21.7. The third-order valence-corrected chi connectivity index (χ3v) is 5.51. The lowest BCUT2D eigenvalue weighted by atomic mass is 9.84. The Hall–Kier alpha value is -0.870. The number of hydrogen-bond acceptors (Lipinski definition) is 2. The number of hydrogen-bond donors (Lipinski definition) is 0. The van der Waals surface area contributed by atoms with Crippen molar-refractivity contribution >= 4 is 45.0 Å². The van der Waals surface area contributed by atoms with Crippen molar-refractivity contribution in [3.05, 3.63) is 27.7 Å². The molecule has 1 aliphatic carbocycles. The van der Waals surface area contributed by atoms with Gasteiger partial charge in [-0.2, -0.15) is 0 Å². The van der Waals surface area contributed by atoms with Gasteiger partial charge in [-0.1, -0.05) is 30.5 Å². The predicted molar refractivity (Wildman–Crippen MR) is 77.2 cm³/mol. The summed E-state index contributed by atoms with van der Waals surface area (Å²) in [5.74, 6) is -0.173. The number of nitrogens with zero attached hydrogens (tertiary/aromatic N) is 1. The SMILES string of the molecule is O=C1CC2(CCCC2)C(=O)N1c1cccc(Cl)c1Br. The van der Waals surface area contributed by atoms with Crippen LogP contribution in [-0.2, 0) is 9.59 Å². The highest BCUT2D eigenvalue weighted by atomic mass is 79.9. The first-order chi connectivity index (χ1) is 9.05.